The molecule has 4 nitrogen and oxygen atoms in total. The molecule has 21 heavy (non-hydrogen) atoms. The highest BCUT2D eigenvalue weighted by molar-refractivity contribution is 5.78. The molecular weight excluding hydrogens is 266 g/mol. The Hall–Kier alpha value is -1.39. The van der Waals surface area contributed by atoms with Crippen molar-refractivity contribution in [3.8, 4) is 0 Å². The van der Waals surface area contributed by atoms with E-state index in [0.29, 0.717) is 19.8 Å². The van der Waals surface area contributed by atoms with Gasteiger partial charge in [0.05, 0.1) is 6.61 Å². The molecule has 1 aromatic carbocycles. The number of nitrogens with one attached hydrogen (secondary N) is 1. The van der Waals surface area contributed by atoms with Crippen LogP contribution in [0.25, 0.3) is 0 Å². The lowest BCUT2D eigenvalue weighted by Crippen LogP contribution is -2.45. The average Bonchev–Trinajstić information content (AvgIpc) is 2.54. The zero-order valence-corrected chi connectivity index (χ0v) is 12.7. The number of benzene rings is 1. The molecule has 0 aliphatic carbocycles. The van der Waals surface area contributed by atoms with Crippen LogP contribution in [0.4, 0.5) is 0 Å². The maximum absolute atomic E-state index is 12.2. The molecule has 2 N–H and O–H groups in total. The topological polar surface area (TPSA) is 58.6 Å². The third kappa shape index (κ3) is 4.55. The van der Waals surface area contributed by atoms with Gasteiger partial charge in [0.1, 0.15) is 0 Å². The van der Waals surface area contributed by atoms with Crippen molar-refractivity contribution < 1.29 is 14.6 Å². The second-order valence-corrected chi connectivity index (χ2v) is 6.08. The Bertz CT molecular complexity index is 441. The summed E-state index contributed by atoms with van der Waals surface area (Å²) in [6.45, 7) is 3.90. The van der Waals surface area contributed by atoms with Gasteiger partial charge in [0.15, 0.2) is 0 Å². The van der Waals surface area contributed by atoms with Crippen LogP contribution in [0.15, 0.2) is 30.3 Å². The Labute approximate surface area is 126 Å². The number of aliphatic hydroxyl groups excluding tert-OH is 1. The van der Waals surface area contributed by atoms with Crippen molar-refractivity contribution in [2.75, 3.05) is 26.4 Å². The standard InChI is InChI=1S/C17H25NO3/c1-14(11-15-5-3-2-4-6-15)16(20)18-12-17(13-19)7-9-21-10-8-17/h2-6,14,19H,7-13H2,1H3,(H,18,20). The number of amides is 1. The fourth-order valence-electron chi connectivity index (χ4n) is 2.70. The molecule has 0 radical (unpaired) electrons. The molecule has 0 aromatic heterocycles. The molecule has 116 valence electrons. The van der Waals surface area contributed by atoms with Gasteiger partial charge in [0.2, 0.25) is 5.91 Å². The second kappa shape index (κ2) is 7.57. The highest BCUT2D eigenvalue weighted by atomic mass is 16.5. The molecule has 1 aromatic rings. The summed E-state index contributed by atoms with van der Waals surface area (Å²) in [5.41, 5.74) is 0.962. The highest BCUT2D eigenvalue weighted by Gasteiger charge is 2.32. The fourth-order valence-corrected chi connectivity index (χ4v) is 2.70. The van der Waals surface area contributed by atoms with E-state index in [2.05, 4.69) is 5.32 Å². The first kappa shape index (κ1) is 16.0. The minimum atomic E-state index is -0.208. The van der Waals surface area contributed by atoms with E-state index >= 15 is 0 Å². The summed E-state index contributed by atoms with van der Waals surface area (Å²) < 4.78 is 5.34. The summed E-state index contributed by atoms with van der Waals surface area (Å²) in [5, 5.41) is 12.6. The van der Waals surface area contributed by atoms with E-state index in [1.54, 1.807) is 0 Å². The largest absolute Gasteiger partial charge is 0.396 e. The SMILES string of the molecule is CC(Cc1ccccc1)C(=O)NCC1(CO)CCOCC1. The minimum absolute atomic E-state index is 0.0539. The van der Waals surface area contributed by atoms with Gasteiger partial charge in [-0.3, -0.25) is 4.79 Å². The smallest absolute Gasteiger partial charge is 0.223 e. The molecule has 0 spiro atoms. The predicted molar refractivity (Wildman–Crippen MR) is 81.9 cm³/mol. The normalized spacial score (nSPS) is 19.0. The molecule has 1 saturated heterocycles. The van der Waals surface area contributed by atoms with Gasteiger partial charge < -0.3 is 15.2 Å². The van der Waals surface area contributed by atoms with Gasteiger partial charge in [-0.1, -0.05) is 37.3 Å². The highest BCUT2D eigenvalue weighted by Crippen LogP contribution is 2.29. The summed E-state index contributed by atoms with van der Waals surface area (Å²) >= 11 is 0. The Morgan fingerprint density at radius 2 is 2.00 bits per heavy atom. The van der Waals surface area contributed by atoms with E-state index in [0.717, 1.165) is 19.3 Å². The van der Waals surface area contributed by atoms with E-state index in [9.17, 15) is 9.90 Å². The predicted octanol–water partition coefficient (Wildman–Crippen LogP) is 1.77. The average molecular weight is 291 g/mol. The van der Waals surface area contributed by atoms with Crippen LogP contribution >= 0.6 is 0 Å². The van der Waals surface area contributed by atoms with Gasteiger partial charge in [-0.15, -0.1) is 0 Å². The molecule has 1 aliphatic heterocycles. The molecule has 1 fully saturated rings. The zero-order valence-electron chi connectivity index (χ0n) is 12.7. The first-order chi connectivity index (χ1) is 10.2. The molecule has 4 heteroatoms. The van der Waals surface area contributed by atoms with Gasteiger partial charge in [0.25, 0.3) is 0 Å². The van der Waals surface area contributed by atoms with Gasteiger partial charge in [-0.2, -0.15) is 0 Å². The van der Waals surface area contributed by atoms with Crippen molar-refractivity contribution in [3.63, 3.8) is 0 Å². The van der Waals surface area contributed by atoms with Gasteiger partial charge >= 0.3 is 0 Å². The van der Waals surface area contributed by atoms with E-state index in [-0.39, 0.29) is 23.8 Å². The van der Waals surface area contributed by atoms with Crippen molar-refractivity contribution in [2.45, 2.75) is 26.2 Å². The molecule has 1 heterocycles. The number of ether oxygens (including phenoxy) is 1. The summed E-state index contributed by atoms with van der Waals surface area (Å²) in [6, 6.07) is 10.0. The van der Waals surface area contributed by atoms with Crippen molar-refractivity contribution in [3.05, 3.63) is 35.9 Å². The third-order valence-electron chi connectivity index (χ3n) is 4.36. The van der Waals surface area contributed by atoms with E-state index < -0.39 is 0 Å². The van der Waals surface area contributed by atoms with Crippen LogP contribution in [0.3, 0.4) is 0 Å². The number of hydrogen-bond acceptors (Lipinski definition) is 3. The Kier molecular flexibility index (Phi) is 5.76. The maximum atomic E-state index is 12.2. The number of carbonyl (C=O) groups excluding carboxylic acids is 1. The summed E-state index contributed by atoms with van der Waals surface area (Å²) in [7, 11) is 0. The number of carbonyl (C=O) groups is 1. The van der Waals surface area contributed by atoms with Crippen molar-refractivity contribution in [1.82, 2.24) is 5.32 Å². The molecule has 0 bridgehead atoms. The zero-order chi connectivity index (χ0) is 15.1. The van der Waals surface area contributed by atoms with Crippen molar-refractivity contribution in [2.24, 2.45) is 11.3 Å². The molecule has 1 atom stereocenters. The van der Waals surface area contributed by atoms with Crippen LogP contribution in [-0.4, -0.2) is 37.4 Å². The summed E-state index contributed by atoms with van der Waals surface area (Å²) in [5.74, 6) is -0.0128. The monoisotopic (exact) mass is 291 g/mol. The van der Waals surface area contributed by atoms with Crippen molar-refractivity contribution >= 4 is 5.91 Å². The van der Waals surface area contributed by atoms with E-state index in [1.807, 2.05) is 37.3 Å². The van der Waals surface area contributed by atoms with Crippen molar-refractivity contribution in [1.29, 1.82) is 0 Å². The van der Waals surface area contributed by atoms with Gasteiger partial charge in [-0.05, 0) is 24.8 Å². The number of aliphatic hydroxyl groups is 1. The Balaban J connectivity index is 1.83. The molecule has 1 aliphatic rings. The van der Waals surface area contributed by atoms with Crippen LogP contribution in [0.1, 0.15) is 25.3 Å². The maximum Gasteiger partial charge on any atom is 0.223 e. The van der Waals surface area contributed by atoms with E-state index in [4.69, 9.17) is 4.74 Å². The molecule has 1 amide bonds. The Morgan fingerprint density at radius 3 is 2.62 bits per heavy atom. The summed E-state index contributed by atoms with van der Waals surface area (Å²) in [4.78, 5) is 12.2. The molecule has 2 rings (SSSR count). The van der Waals surface area contributed by atoms with Gasteiger partial charge in [-0.25, -0.2) is 0 Å². The van der Waals surface area contributed by atoms with Crippen LogP contribution < -0.4 is 5.32 Å². The third-order valence-corrected chi connectivity index (χ3v) is 4.36. The van der Waals surface area contributed by atoms with Crippen LogP contribution in [-0.2, 0) is 16.0 Å². The molecule has 0 saturated carbocycles. The first-order valence-electron chi connectivity index (χ1n) is 7.65. The number of rotatable bonds is 6. The van der Waals surface area contributed by atoms with Crippen LogP contribution in [0.2, 0.25) is 0 Å². The first-order valence-corrected chi connectivity index (χ1v) is 7.65. The lowest BCUT2D eigenvalue weighted by molar-refractivity contribution is -0.125. The number of hydrogen-bond donors (Lipinski definition) is 2. The quantitative estimate of drug-likeness (QED) is 0.840. The molecular formula is C17H25NO3. The minimum Gasteiger partial charge on any atom is -0.396 e. The lowest BCUT2D eigenvalue weighted by Gasteiger charge is -2.35. The second-order valence-electron chi connectivity index (χ2n) is 6.08. The summed E-state index contributed by atoms with van der Waals surface area (Å²) in [6.07, 6.45) is 2.34. The fraction of sp³-hybridized carbons (Fsp3) is 0.588. The van der Waals surface area contributed by atoms with E-state index in [1.165, 1.54) is 5.56 Å². The lowest BCUT2D eigenvalue weighted by atomic mass is 9.81. The van der Waals surface area contributed by atoms with Crippen LogP contribution in [0, 0.1) is 11.3 Å². The van der Waals surface area contributed by atoms with Crippen LogP contribution in [0.5, 0.6) is 0 Å². The van der Waals surface area contributed by atoms with Gasteiger partial charge in [0, 0.05) is 31.1 Å². The Morgan fingerprint density at radius 1 is 1.33 bits per heavy atom. The molecule has 1 unspecified atom stereocenters.